The monoisotopic (exact) mass is 321 g/mol. The van der Waals surface area contributed by atoms with Gasteiger partial charge in [0.25, 0.3) is 0 Å². The Morgan fingerprint density at radius 2 is 2.14 bits per heavy atom. The first-order valence-electron chi connectivity index (χ1n) is 4.46. The van der Waals surface area contributed by atoms with Gasteiger partial charge in [-0.1, -0.05) is 15.9 Å². The molecule has 0 bridgehead atoms. The van der Waals surface area contributed by atoms with Gasteiger partial charge in [-0.3, -0.25) is 0 Å². The van der Waals surface area contributed by atoms with E-state index in [2.05, 4.69) is 27.3 Å². The molecule has 0 saturated carbocycles. The molecule has 2 nitrogen and oxygen atoms in total. The van der Waals surface area contributed by atoms with Crippen LogP contribution in [0.4, 0.5) is 0 Å². The molecule has 1 saturated heterocycles. The summed E-state index contributed by atoms with van der Waals surface area (Å²) < 4.78 is 0.953. The second-order valence-corrected chi connectivity index (χ2v) is 4.35. The summed E-state index contributed by atoms with van der Waals surface area (Å²) >= 11 is 3.38. The summed E-state index contributed by atoms with van der Waals surface area (Å²) in [7, 11) is 0. The molecule has 1 fully saturated rings. The molecule has 0 aliphatic carbocycles. The van der Waals surface area contributed by atoms with Gasteiger partial charge in [-0.05, 0) is 42.6 Å². The quantitative estimate of drug-likeness (QED) is 0.833. The van der Waals surface area contributed by atoms with Gasteiger partial charge in [0.05, 0.1) is 0 Å². The fraction of sp³-hybridized carbons (Fsp3) is 0.400. The van der Waals surface area contributed by atoms with Crippen LogP contribution in [0.25, 0.3) is 0 Å². The highest BCUT2D eigenvalue weighted by molar-refractivity contribution is 9.10. The van der Waals surface area contributed by atoms with Gasteiger partial charge >= 0.3 is 0 Å². The number of phenols is 1. The fourth-order valence-electron chi connectivity index (χ4n) is 1.77. The van der Waals surface area contributed by atoms with Crippen LogP contribution >= 0.6 is 32.9 Å². The molecule has 4 heteroatoms. The van der Waals surface area contributed by atoms with E-state index in [1.54, 1.807) is 6.07 Å². The van der Waals surface area contributed by atoms with Crippen molar-refractivity contribution in [2.75, 3.05) is 13.1 Å². The molecule has 1 aliphatic heterocycles. The van der Waals surface area contributed by atoms with Gasteiger partial charge in [-0.2, -0.15) is 0 Å². The van der Waals surface area contributed by atoms with Crippen LogP contribution in [-0.2, 0) is 0 Å². The summed E-state index contributed by atoms with van der Waals surface area (Å²) in [6.07, 6.45) is 1.16. The predicted octanol–water partition coefficient (Wildman–Crippen LogP) is 2.81. The summed E-state index contributed by atoms with van der Waals surface area (Å²) in [5, 5.41) is 12.7. The number of benzene rings is 1. The second-order valence-electron chi connectivity index (χ2n) is 3.43. The fourth-order valence-corrected chi connectivity index (χ4v) is 2.27. The minimum Gasteiger partial charge on any atom is -0.508 e. The van der Waals surface area contributed by atoms with E-state index in [0.29, 0.717) is 11.7 Å². The Hall–Kier alpha value is -0.0600. The zero-order chi connectivity index (χ0) is 9.26. The van der Waals surface area contributed by atoms with Gasteiger partial charge in [-0.15, -0.1) is 17.0 Å². The highest BCUT2D eigenvalue weighted by atomic mass is 79.9. The SMILES string of the molecule is Br.Oc1cc(Br)cc(C2CCNC2)c1. The van der Waals surface area contributed by atoms with E-state index in [0.717, 1.165) is 24.0 Å². The molecule has 0 radical (unpaired) electrons. The summed E-state index contributed by atoms with van der Waals surface area (Å²) in [5.41, 5.74) is 1.22. The molecule has 1 atom stereocenters. The molecule has 14 heavy (non-hydrogen) atoms. The van der Waals surface area contributed by atoms with Crippen LogP contribution in [-0.4, -0.2) is 18.2 Å². The standard InChI is InChI=1S/C10H12BrNO.BrH/c11-9-3-8(4-10(13)5-9)7-1-2-12-6-7;/h3-5,7,12-13H,1-2,6H2;1H. The van der Waals surface area contributed by atoms with Crippen LogP contribution < -0.4 is 5.32 Å². The first-order chi connectivity index (χ1) is 6.25. The number of halogens is 2. The van der Waals surface area contributed by atoms with Crippen molar-refractivity contribution >= 4 is 32.9 Å². The Labute approximate surface area is 103 Å². The number of hydrogen-bond donors (Lipinski definition) is 2. The van der Waals surface area contributed by atoms with Crippen molar-refractivity contribution in [3.63, 3.8) is 0 Å². The number of rotatable bonds is 1. The molecule has 1 aromatic rings. The van der Waals surface area contributed by atoms with E-state index < -0.39 is 0 Å². The zero-order valence-electron chi connectivity index (χ0n) is 7.66. The van der Waals surface area contributed by atoms with Crippen molar-refractivity contribution in [3.05, 3.63) is 28.2 Å². The summed E-state index contributed by atoms with van der Waals surface area (Å²) in [6.45, 7) is 2.10. The molecule has 1 unspecified atom stereocenters. The molecule has 0 aromatic heterocycles. The molecule has 2 N–H and O–H groups in total. The van der Waals surface area contributed by atoms with Crippen LogP contribution in [0.15, 0.2) is 22.7 Å². The predicted molar refractivity (Wildman–Crippen MR) is 66.4 cm³/mol. The summed E-state index contributed by atoms with van der Waals surface area (Å²) in [5.74, 6) is 0.902. The van der Waals surface area contributed by atoms with Crippen molar-refractivity contribution in [1.29, 1.82) is 0 Å². The van der Waals surface area contributed by atoms with E-state index in [-0.39, 0.29) is 17.0 Å². The molecule has 2 rings (SSSR count). The topological polar surface area (TPSA) is 32.3 Å². The first kappa shape index (κ1) is 12.0. The largest absolute Gasteiger partial charge is 0.508 e. The van der Waals surface area contributed by atoms with Gasteiger partial charge in [0.1, 0.15) is 5.75 Å². The lowest BCUT2D eigenvalue weighted by atomic mass is 9.98. The van der Waals surface area contributed by atoms with Crippen molar-refractivity contribution in [2.45, 2.75) is 12.3 Å². The van der Waals surface area contributed by atoms with E-state index in [1.807, 2.05) is 6.07 Å². The van der Waals surface area contributed by atoms with Crippen molar-refractivity contribution in [1.82, 2.24) is 5.32 Å². The van der Waals surface area contributed by atoms with Crippen LogP contribution in [0, 0.1) is 0 Å². The third kappa shape index (κ3) is 2.72. The van der Waals surface area contributed by atoms with Crippen LogP contribution in [0.1, 0.15) is 17.9 Å². The molecule has 1 heterocycles. The van der Waals surface area contributed by atoms with Gasteiger partial charge in [0.15, 0.2) is 0 Å². The Kier molecular flexibility index (Phi) is 4.41. The van der Waals surface area contributed by atoms with Gasteiger partial charge < -0.3 is 10.4 Å². The number of nitrogens with one attached hydrogen (secondary N) is 1. The first-order valence-corrected chi connectivity index (χ1v) is 5.25. The smallest absolute Gasteiger partial charge is 0.116 e. The third-order valence-electron chi connectivity index (χ3n) is 2.44. The Morgan fingerprint density at radius 1 is 1.36 bits per heavy atom. The Morgan fingerprint density at radius 3 is 2.71 bits per heavy atom. The van der Waals surface area contributed by atoms with Crippen molar-refractivity contribution in [3.8, 4) is 5.75 Å². The van der Waals surface area contributed by atoms with Gasteiger partial charge in [-0.25, -0.2) is 0 Å². The molecular weight excluding hydrogens is 310 g/mol. The van der Waals surface area contributed by atoms with Gasteiger partial charge in [0.2, 0.25) is 0 Å². The maximum absolute atomic E-state index is 9.40. The maximum atomic E-state index is 9.40. The van der Waals surface area contributed by atoms with Crippen LogP contribution in [0.2, 0.25) is 0 Å². The lowest BCUT2D eigenvalue weighted by Gasteiger charge is -2.09. The normalized spacial score (nSPS) is 20.5. The molecule has 0 spiro atoms. The average molecular weight is 323 g/mol. The Balaban J connectivity index is 0.000000980. The minimum absolute atomic E-state index is 0. The van der Waals surface area contributed by atoms with E-state index in [4.69, 9.17) is 0 Å². The Bertz CT molecular complexity index is 291. The van der Waals surface area contributed by atoms with Crippen molar-refractivity contribution in [2.24, 2.45) is 0 Å². The van der Waals surface area contributed by atoms with E-state index in [1.165, 1.54) is 5.56 Å². The molecule has 1 aromatic carbocycles. The number of aromatic hydroxyl groups is 1. The zero-order valence-corrected chi connectivity index (χ0v) is 11.0. The van der Waals surface area contributed by atoms with Crippen molar-refractivity contribution < 1.29 is 5.11 Å². The van der Waals surface area contributed by atoms with E-state index >= 15 is 0 Å². The van der Waals surface area contributed by atoms with Gasteiger partial charge in [0, 0.05) is 11.0 Å². The highest BCUT2D eigenvalue weighted by Crippen LogP contribution is 2.28. The molecule has 78 valence electrons. The lowest BCUT2D eigenvalue weighted by molar-refractivity contribution is 0.473. The summed E-state index contributed by atoms with van der Waals surface area (Å²) in [6, 6.07) is 5.64. The summed E-state index contributed by atoms with van der Waals surface area (Å²) in [4.78, 5) is 0. The maximum Gasteiger partial charge on any atom is 0.116 e. The highest BCUT2D eigenvalue weighted by Gasteiger charge is 2.17. The molecule has 0 amide bonds. The van der Waals surface area contributed by atoms with Crippen LogP contribution in [0.5, 0.6) is 5.75 Å². The van der Waals surface area contributed by atoms with E-state index in [9.17, 15) is 5.11 Å². The second kappa shape index (κ2) is 5.14. The lowest BCUT2D eigenvalue weighted by Crippen LogP contribution is -2.07. The average Bonchev–Trinajstić information content (AvgIpc) is 2.53. The number of phenolic OH excluding ortho intramolecular Hbond substituents is 1. The molecule has 1 aliphatic rings. The molecular formula is C10H13Br2NO. The van der Waals surface area contributed by atoms with Crippen LogP contribution in [0.3, 0.4) is 0 Å². The number of hydrogen-bond acceptors (Lipinski definition) is 2. The third-order valence-corrected chi connectivity index (χ3v) is 2.89. The minimum atomic E-state index is 0.